The summed E-state index contributed by atoms with van der Waals surface area (Å²) in [5.74, 6) is -0.548. The minimum absolute atomic E-state index is 0.232. The molecule has 24 heavy (non-hydrogen) atoms. The van der Waals surface area contributed by atoms with Crippen LogP contribution in [0.3, 0.4) is 0 Å². The lowest BCUT2D eigenvalue weighted by molar-refractivity contribution is -0.137. The maximum absolute atomic E-state index is 12.9. The number of fused-ring (bicyclic) bond motifs is 2. The van der Waals surface area contributed by atoms with Gasteiger partial charge in [0.2, 0.25) is 5.43 Å². The van der Waals surface area contributed by atoms with E-state index in [0.29, 0.717) is 16.4 Å². The van der Waals surface area contributed by atoms with Crippen molar-refractivity contribution in [2.24, 2.45) is 0 Å². The Hall–Kier alpha value is -2.73. The summed E-state index contributed by atoms with van der Waals surface area (Å²) in [4.78, 5) is 24.3. The number of ether oxygens (including phenoxy) is 2. The van der Waals surface area contributed by atoms with Crippen molar-refractivity contribution in [3.8, 4) is 11.5 Å². The Morgan fingerprint density at radius 1 is 1.25 bits per heavy atom. The number of rotatable bonds is 4. The molecule has 0 bridgehead atoms. The van der Waals surface area contributed by atoms with Gasteiger partial charge < -0.3 is 19.1 Å². The number of carboxylic acid groups (broad SMARTS) is 1. The van der Waals surface area contributed by atoms with Gasteiger partial charge in [-0.2, -0.15) is 0 Å². The van der Waals surface area contributed by atoms with Gasteiger partial charge in [-0.15, -0.1) is 0 Å². The molecule has 0 aliphatic heterocycles. The lowest BCUT2D eigenvalue weighted by atomic mass is 10.1. The second kappa shape index (κ2) is 6.05. The predicted octanol–water partition coefficient (Wildman–Crippen LogP) is 2.91. The van der Waals surface area contributed by atoms with Gasteiger partial charge in [0, 0.05) is 11.5 Å². The van der Waals surface area contributed by atoms with Gasteiger partial charge in [0.15, 0.2) is 5.75 Å². The summed E-state index contributed by atoms with van der Waals surface area (Å²) in [6, 6.07) is 8.28. The van der Waals surface area contributed by atoms with Crippen LogP contribution in [0, 0.1) is 0 Å². The molecule has 3 rings (SSSR count). The van der Waals surface area contributed by atoms with Crippen LogP contribution in [0.25, 0.3) is 21.8 Å². The number of nitrogens with zero attached hydrogens (tertiary/aromatic N) is 1. The molecule has 1 N–H and O–H groups in total. The minimum Gasteiger partial charge on any atom is -0.496 e. The number of benzene rings is 2. The molecule has 0 fully saturated rings. The van der Waals surface area contributed by atoms with E-state index < -0.39 is 5.97 Å². The van der Waals surface area contributed by atoms with Crippen LogP contribution in [-0.4, -0.2) is 29.9 Å². The largest absolute Gasteiger partial charge is 0.496 e. The van der Waals surface area contributed by atoms with E-state index in [2.05, 4.69) is 0 Å². The predicted molar refractivity (Wildman–Crippen MR) is 91.5 cm³/mol. The summed E-state index contributed by atoms with van der Waals surface area (Å²) in [5.41, 5.74) is 0.516. The molecule has 3 aromatic rings. The Labute approximate surface area is 141 Å². The molecule has 1 heterocycles. The van der Waals surface area contributed by atoms with Gasteiger partial charge >= 0.3 is 5.97 Å². The number of hydrogen-bond acceptors (Lipinski definition) is 4. The van der Waals surface area contributed by atoms with Crippen LogP contribution in [0.2, 0.25) is 5.02 Å². The number of methoxy groups -OCH3 is 2. The Balaban J connectivity index is 2.68. The zero-order chi connectivity index (χ0) is 17.4. The fourth-order valence-electron chi connectivity index (χ4n) is 2.88. The normalized spacial score (nSPS) is 11.0. The van der Waals surface area contributed by atoms with Crippen LogP contribution in [0.4, 0.5) is 0 Å². The Morgan fingerprint density at radius 2 is 1.96 bits per heavy atom. The van der Waals surface area contributed by atoms with E-state index in [0.717, 1.165) is 0 Å². The van der Waals surface area contributed by atoms with Crippen molar-refractivity contribution >= 4 is 39.4 Å². The van der Waals surface area contributed by atoms with Crippen molar-refractivity contribution in [2.75, 3.05) is 14.2 Å². The molecule has 2 aromatic carbocycles. The second-order valence-corrected chi connectivity index (χ2v) is 5.55. The lowest BCUT2D eigenvalue weighted by Crippen LogP contribution is -2.17. The number of hydrogen-bond donors (Lipinski definition) is 1. The maximum atomic E-state index is 12.9. The molecule has 0 unspecified atom stereocenters. The van der Waals surface area contributed by atoms with Crippen LogP contribution < -0.4 is 14.9 Å². The molecule has 0 atom stereocenters. The first-order valence-electron chi connectivity index (χ1n) is 7.07. The molecular formula is C17H14ClNO5. The second-order valence-electron chi connectivity index (χ2n) is 5.14. The average Bonchev–Trinajstić information content (AvgIpc) is 2.57. The van der Waals surface area contributed by atoms with E-state index in [1.807, 2.05) is 0 Å². The number of pyridine rings is 1. The third-order valence-electron chi connectivity index (χ3n) is 3.83. The molecule has 0 radical (unpaired) electrons. The van der Waals surface area contributed by atoms with Crippen LogP contribution >= 0.6 is 11.6 Å². The van der Waals surface area contributed by atoms with Crippen molar-refractivity contribution in [3.63, 3.8) is 0 Å². The number of aromatic nitrogens is 1. The number of para-hydroxylation sites is 1. The molecule has 0 aliphatic carbocycles. The van der Waals surface area contributed by atoms with E-state index in [9.17, 15) is 14.7 Å². The topological polar surface area (TPSA) is 77.8 Å². The zero-order valence-corrected chi connectivity index (χ0v) is 13.8. The summed E-state index contributed by atoms with van der Waals surface area (Å²) in [6.45, 7) is -0.350. The molecule has 0 aliphatic rings. The third kappa shape index (κ3) is 2.35. The van der Waals surface area contributed by atoms with E-state index in [1.54, 1.807) is 24.3 Å². The minimum atomic E-state index is -1.05. The molecule has 0 amide bonds. The van der Waals surface area contributed by atoms with Gasteiger partial charge in [-0.1, -0.05) is 23.7 Å². The van der Waals surface area contributed by atoms with Gasteiger partial charge in [0.25, 0.3) is 0 Å². The van der Waals surface area contributed by atoms with E-state index in [4.69, 9.17) is 21.1 Å². The Morgan fingerprint density at radius 3 is 2.58 bits per heavy atom. The first-order valence-corrected chi connectivity index (χ1v) is 7.45. The van der Waals surface area contributed by atoms with Crippen molar-refractivity contribution < 1.29 is 19.4 Å². The van der Waals surface area contributed by atoms with Crippen molar-refractivity contribution in [3.05, 3.63) is 45.6 Å². The highest BCUT2D eigenvalue weighted by Gasteiger charge is 2.22. The highest BCUT2D eigenvalue weighted by molar-refractivity contribution is 6.33. The van der Waals surface area contributed by atoms with Gasteiger partial charge in [0.1, 0.15) is 17.8 Å². The fraction of sp³-hybridized carbons (Fsp3) is 0.176. The SMILES string of the molecule is COc1cc(Cl)c(OC)c2c1c(=O)c1ccccc1n2CC(=O)O. The third-order valence-corrected chi connectivity index (χ3v) is 4.11. The Bertz CT molecular complexity index is 1030. The molecule has 7 heteroatoms. The molecule has 1 aromatic heterocycles. The first kappa shape index (κ1) is 16.1. The zero-order valence-electron chi connectivity index (χ0n) is 13.0. The number of carboxylic acids is 1. The number of aliphatic carboxylic acids is 1. The van der Waals surface area contributed by atoms with Crippen molar-refractivity contribution in [1.29, 1.82) is 0 Å². The van der Waals surface area contributed by atoms with Crippen molar-refractivity contribution in [2.45, 2.75) is 6.54 Å². The summed E-state index contributed by atoms with van der Waals surface area (Å²) < 4.78 is 12.1. The number of halogens is 1. The van der Waals surface area contributed by atoms with Gasteiger partial charge in [-0.05, 0) is 12.1 Å². The highest BCUT2D eigenvalue weighted by atomic mass is 35.5. The van der Waals surface area contributed by atoms with E-state index >= 15 is 0 Å². The molecular weight excluding hydrogens is 334 g/mol. The van der Waals surface area contributed by atoms with Crippen LogP contribution in [0.5, 0.6) is 11.5 Å². The maximum Gasteiger partial charge on any atom is 0.323 e. The summed E-state index contributed by atoms with van der Waals surface area (Å²) >= 11 is 6.23. The summed E-state index contributed by atoms with van der Waals surface area (Å²) in [7, 11) is 2.84. The molecule has 0 spiro atoms. The fourth-order valence-corrected chi connectivity index (χ4v) is 3.15. The quantitative estimate of drug-likeness (QED) is 0.734. The van der Waals surface area contributed by atoms with Gasteiger partial charge in [-0.25, -0.2) is 0 Å². The number of carbonyl (C=O) groups is 1. The van der Waals surface area contributed by atoms with Gasteiger partial charge in [0.05, 0.1) is 30.1 Å². The lowest BCUT2D eigenvalue weighted by Gasteiger charge is -2.18. The Kier molecular flexibility index (Phi) is 4.07. The summed E-state index contributed by atoms with van der Waals surface area (Å²) in [6.07, 6.45) is 0. The van der Waals surface area contributed by atoms with Crippen LogP contribution in [0.1, 0.15) is 0 Å². The summed E-state index contributed by atoms with van der Waals surface area (Å²) in [5, 5.41) is 10.2. The molecule has 0 saturated carbocycles. The first-order chi connectivity index (χ1) is 11.5. The standard InChI is InChI=1S/C17H14ClNO5/c1-23-12-7-10(18)17(24-2)15-14(12)16(22)9-5-3-4-6-11(9)19(15)8-13(20)21/h3-7H,8H2,1-2H3,(H,20,21). The average molecular weight is 348 g/mol. The van der Waals surface area contributed by atoms with Crippen LogP contribution in [0.15, 0.2) is 35.1 Å². The molecule has 124 valence electrons. The van der Waals surface area contributed by atoms with E-state index in [1.165, 1.54) is 24.9 Å². The highest BCUT2D eigenvalue weighted by Crippen LogP contribution is 2.39. The van der Waals surface area contributed by atoms with E-state index in [-0.39, 0.29) is 33.9 Å². The van der Waals surface area contributed by atoms with Crippen LogP contribution in [-0.2, 0) is 11.3 Å². The van der Waals surface area contributed by atoms with Crippen molar-refractivity contribution in [1.82, 2.24) is 4.57 Å². The molecule has 6 nitrogen and oxygen atoms in total. The van der Waals surface area contributed by atoms with Gasteiger partial charge in [-0.3, -0.25) is 9.59 Å². The molecule has 0 saturated heterocycles. The smallest absolute Gasteiger partial charge is 0.323 e. The monoisotopic (exact) mass is 347 g/mol.